The highest BCUT2D eigenvalue weighted by Crippen LogP contribution is 2.41. The summed E-state index contributed by atoms with van der Waals surface area (Å²) in [5.41, 5.74) is 0.263. The molecule has 3 heterocycles. The van der Waals surface area contributed by atoms with Gasteiger partial charge in [0.1, 0.15) is 10.0 Å². The van der Waals surface area contributed by atoms with Crippen molar-refractivity contribution in [1.82, 2.24) is 19.0 Å². The van der Waals surface area contributed by atoms with Crippen LogP contribution in [0, 0.1) is 12.3 Å². The predicted octanol–water partition coefficient (Wildman–Crippen LogP) is 1.80. The largest absolute Gasteiger partial charge is 0.342 e. The number of hydrogen-bond donors (Lipinski definition) is 0. The van der Waals surface area contributed by atoms with E-state index in [1.165, 1.54) is 8.99 Å². The number of rotatable bonds is 3. The van der Waals surface area contributed by atoms with Crippen molar-refractivity contribution in [1.29, 1.82) is 0 Å². The van der Waals surface area contributed by atoms with Crippen molar-refractivity contribution in [2.45, 2.75) is 44.4 Å². The maximum Gasteiger partial charge on any atom is 0.248 e. The molecule has 0 aliphatic carbocycles. The van der Waals surface area contributed by atoms with E-state index in [-0.39, 0.29) is 21.4 Å². The molecule has 1 aromatic heterocycles. The van der Waals surface area contributed by atoms with Gasteiger partial charge in [0.15, 0.2) is 0 Å². The Morgan fingerprint density at radius 3 is 2.60 bits per heavy atom. The maximum atomic E-state index is 13.2. The van der Waals surface area contributed by atoms with E-state index in [0.29, 0.717) is 38.3 Å². The molecule has 9 heteroatoms. The van der Waals surface area contributed by atoms with Crippen LogP contribution in [-0.2, 0) is 21.9 Å². The summed E-state index contributed by atoms with van der Waals surface area (Å²) >= 11 is 6.20. The first-order valence-electron chi connectivity index (χ1n) is 8.67. The second-order valence-electron chi connectivity index (χ2n) is 7.18. The lowest BCUT2D eigenvalue weighted by Crippen LogP contribution is -2.54. The van der Waals surface area contributed by atoms with Gasteiger partial charge in [-0.3, -0.25) is 9.48 Å². The highest BCUT2D eigenvalue weighted by atomic mass is 35.5. The number of hydrogen-bond acceptors (Lipinski definition) is 4. The van der Waals surface area contributed by atoms with Gasteiger partial charge in [0.2, 0.25) is 15.9 Å². The monoisotopic (exact) mass is 388 g/mol. The highest BCUT2D eigenvalue weighted by molar-refractivity contribution is 7.89. The van der Waals surface area contributed by atoms with Crippen LogP contribution in [0.25, 0.3) is 0 Å². The minimum absolute atomic E-state index is 0.105. The van der Waals surface area contributed by atoms with Crippen molar-refractivity contribution in [3.8, 4) is 0 Å². The van der Waals surface area contributed by atoms with Crippen molar-refractivity contribution in [3.05, 3.63) is 10.8 Å². The summed E-state index contributed by atoms with van der Waals surface area (Å²) in [5, 5.41) is 4.28. The van der Waals surface area contributed by atoms with Crippen LogP contribution in [0.4, 0.5) is 0 Å². The van der Waals surface area contributed by atoms with Crippen LogP contribution in [-0.4, -0.2) is 59.5 Å². The van der Waals surface area contributed by atoms with Gasteiger partial charge in [-0.1, -0.05) is 11.6 Å². The Bertz CT molecular complexity index is 792. The molecule has 2 fully saturated rings. The van der Waals surface area contributed by atoms with Crippen LogP contribution in [0.2, 0.25) is 5.15 Å². The number of aryl methyl sites for hydroxylation is 2. The van der Waals surface area contributed by atoms with E-state index >= 15 is 0 Å². The standard InChI is InChI=1S/C16H25ClN4O3S/c1-4-20-10-16(8-6-13(20)22)7-5-9-21(11-16)25(23,24)14-12(2)18-19(3)15(14)17/h4-11H2,1-3H3/t16-/m0/s1. The van der Waals surface area contributed by atoms with E-state index in [1.54, 1.807) is 14.0 Å². The third-order valence-corrected chi connectivity index (χ3v) is 8.00. The third-order valence-electron chi connectivity index (χ3n) is 5.45. The van der Waals surface area contributed by atoms with E-state index < -0.39 is 10.0 Å². The summed E-state index contributed by atoms with van der Waals surface area (Å²) in [6.07, 6.45) is 2.98. The second kappa shape index (κ2) is 6.55. The van der Waals surface area contributed by atoms with Gasteiger partial charge >= 0.3 is 0 Å². The van der Waals surface area contributed by atoms with E-state index in [1.807, 2.05) is 11.8 Å². The zero-order chi connectivity index (χ0) is 18.4. The molecule has 0 saturated carbocycles. The van der Waals surface area contributed by atoms with Crippen LogP contribution in [0.1, 0.15) is 38.3 Å². The first-order valence-corrected chi connectivity index (χ1v) is 10.5. The first kappa shape index (κ1) is 18.7. The first-order chi connectivity index (χ1) is 11.7. The lowest BCUT2D eigenvalue weighted by molar-refractivity contribution is -0.138. The van der Waals surface area contributed by atoms with E-state index in [4.69, 9.17) is 11.6 Å². The summed E-state index contributed by atoms with van der Waals surface area (Å²) in [4.78, 5) is 14.0. The van der Waals surface area contributed by atoms with Crippen molar-refractivity contribution in [2.75, 3.05) is 26.2 Å². The second-order valence-corrected chi connectivity index (χ2v) is 9.41. The summed E-state index contributed by atoms with van der Waals surface area (Å²) < 4.78 is 29.3. The van der Waals surface area contributed by atoms with Gasteiger partial charge in [0, 0.05) is 45.1 Å². The molecule has 140 valence electrons. The van der Waals surface area contributed by atoms with Crippen LogP contribution in [0.5, 0.6) is 0 Å². The van der Waals surface area contributed by atoms with Gasteiger partial charge in [0.05, 0.1) is 5.69 Å². The smallest absolute Gasteiger partial charge is 0.248 e. The lowest BCUT2D eigenvalue weighted by atomic mass is 9.74. The SMILES string of the molecule is CCN1C[C@]2(CCCN(S(=O)(=O)c3c(C)nn(C)c3Cl)C2)CCC1=O. The molecule has 0 aromatic carbocycles. The Kier molecular flexibility index (Phi) is 4.89. The quantitative estimate of drug-likeness (QED) is 0.791. The maximum absolute atomic E-state index is 13.2. The van der Waals surface area contributed by atoms with Gasteiger partial charge in [0.25, 0.3) is 0 Å². The number of halogens is 1. The number of aromatic nitrogens is 2. The fourth-order valence-corrected chi connectivity index (χ4v) is 6.42. The van der Waals surface area contributed by atoms with Crippen molar-refractivity contribution in [3.63, 3.8) is 0 Å². The minimum Gasteiger partial charge on any atom is -0.342 e. The van der Waals surface area contributed by atoms with Crippen LogP contribution in [0.3, 0.4) is 0 Å². The molecule has 1 aromatic rings. The predicted molar refractivity (Wildman–Crippen MR) is 94.9 cm³/mol. The number of nitrogens with zero attached hydrogens (tertiary/aromatic N) is 4. The van der Waals surface area contributed by atoms with Crippen molar-refractivity contribution < 1.29 is 13.2 Å². The highest BCUT2D eigenvalue weighted by Gasteiger charge is 2.45. The normalized spacial score (nSPS) is 25.8. The van der Waals surface area contributed by atoms with Gasteiger partial charge in [-0.2, -0.15) is 9.40 Å². The fraction of sp³-hybridized carbons (Fsp3) is 0.750. The zero-order valence-electron chi connectivity index (χ0n) is 15.0. The summed E-state index contributed by atoms with van der Waals surface area (Å²) in [5.74, 6) is 0.166. The molecule has 1 atom stereocenters. The molecular weight excluding hydrogens is 364 g/mol. The molecule has 0 radical (unpaired) electrons. The molecule has 2 aliphatic heterocycles. The summed E-state index contributed by atoms with van der Waals surface area (Å²) in [6, 6.07) is 0. The molecule has 2 saturated heterocycles. The minimum atomic E-state index is -3.70. The van der Waals surface area contributed by atoms with Crippen LogP contribution < -0.4 is 0 Å². The van der Waals surface area contributed by atoms with Crippen LogP contribution >= 0.6 is 11.6 Å². The lowest BCUT2D eigenvalue weighted by Gasteiger charge is -2.47. The van der Waals surface area contributed by atoms with Gasteiger partial charge in [-0.05, 0) is 33.1 Å². The average molecular weight is 389 g/mol. The Hall–Kier alpha value is -1.12. The topological polar surface area (TPSA) is 75.5 Å². The van der Waals surface area contributed by atoms with Crippen molar-refractivity contribution in [2.24, 2.45) is 12.5 Å². The zero-order valence-corrected chi connectivity index (χ0v) is 16.5. The molecule has 0 unspecified atom stereocenters. The molecule has 0 bridgehead atoms. The molecule has 1 amide bonds. The number of carbonyl (C=O) groups excluding carboxylic acids is 1. The van der Waals surface area contributed by atoms with E-state index in [2.05, 4.69) is 5.10 Å². The van der Waals surface area contributed by atoms with Gasteiger partial charge in [-0.15, -0.1) is 0 Å². The number of amides is 1. The third kappa shape index (κ3) is 3.19. The molecule has 0 N–H and O–H groups in total. The number of carbonyl (C=O) groups is 1. The Morgan fingerprint density at radius 2 is 2.00 bits per heavy atom. The average Bonchev–Trinajstić information content (AvgIpc) is 2.83. The molecule has 7 nitrogen and oxygen atoms in total. The van der Waals surface area contributed by atoms with Crippen molar-refractivity contribution >= 4 is 27.5 Å². The summed E-state index contributed by atoms with van der Waals surface area (Å²) in [6.45, 7) is 5.84. The number of likely N-dealkylation sites (tertiary alicyclic amines) is 1. The molecule has 25 heavy (non-hydrogen) atoms. The Balaban J connectivity index is 1.89. The Morgan fingerprint density at radius 1 is 1.28 bits per heavy atom. The molecule has 1 spiro atoms. The Labute approximate surface area is 154 Å². The molecular formula is C16H25ClN4O3S. The fourth-order valence-electron chi connectivity index (χ4n) is 4.12. The number of sulfonamides is 1. The van der Waals surface area contributed by atoms with E-state index in [0.717, 1.165) is 19.3 Å². The molecule has 3 rings (SSSR count). The van der Waals surface area contributed by atoms with Crippen LogP contribution in [0.15, 0.2) is 4.90 Å². The van der Waals surface area contributed by atoms with Gasteiger partial charge in [-0.25, -0.2) is 8.42 Å². The number of piperidine rings is 2. The van der Waals surface area contributed by atoms with E-state index in [9.17, 15) is 13.2 Å². The molecule has 2 aliphatic rings. The summed E-state index contributed by atoms with van der Waals surface area (Å²) in [7, 11) is -2.06. The van der Waals surface area contributed by atoms with Gasteiger partial charge < -0.3 is 4.90 Å².